The molecule has 2 heterocycles. The van der Waals surface area contributed by atoms with Crippen LogP contribution in [0.3, 0.4) is 0 Å². The van der Waals surface area contributed by atoms with Crippen molar-refractivity contribution in [2.75, 3.05) is 23.8 Å². The molecule has 174 valence electrons. The van der Waals surface area contributed by atoms with Gasteiger partial charge in [0.05, 0.1) is 34.2 Å². The van der Waals surface area contributed by atoms with Gasteiger partial charge in [0, 0.05) is 12.6 Å². The third-order valence-corrected chi connectivity index (χ3v) is 8.77. The van der Waals surface area contributed by atoms with Gasteiger partial charge in [-0.3, -0.25) is 14.2 Å². The molecule has 0 N–H and O–H groups in total. The minimum Gasteiger partial charge on any atom is -0.338 e. The van der Waals surface area contributed by atoms with Gasteiger partial charge in [-0.2, -0.15) is 0 Å². The zero-order valence-corrected chi connectivity index (χ0v) is 20.3. The summed E-state index contributed by atoms with van der Waals surface area (Å²) in [4.78, 5) is 32.8. The molecule has 2 atom stereocenters. The highest BCUT2D eigenvalue weighted by Gasteiger charge is 2.34. The molecule has 33 heavy (non-hydrogen) atoms. The van der Waals surface area contributed by atoms with Crippen LogP contribution in [0, 0.1) is 0 Å². The standard InChI is InChI=1S/C24H27N3O4S2/c1-3-26(19-13-14-33(30,31)16-19)22(28)15-32-24-25-21-12-8-7-11-20(21)23(29)27(24)17(2)18-9-5-4-6-10-18/h4-12,17,19H,3,13-16H2,1-2H3/t17-,19+/m0/s1. The van der Waals surface area contributed by atoms with Crippen LogP contribution in [0.25, 0.3) is 10.9 Å². The monoisotopic (exact) mass is 485 g/mol. The Morgan fingerprint density at radius 2 is 1.88 bits per heavy atom. The van der Waals surface area contributed by atoms with Crippen LogP contribution in [-0.4, -0.2) is 58.6 Å². The Balaban J connectivity index is 1.65. The summed E-state index contributed by atoms with van der Waals surface area (Å²) >= 11 is 1.22. The molecule has 0 unspecified atom stereocenters. The van der Waals surface area contributed by atoms with Crippen LogP contribution < -0.4 is 5.56 Å². The summed E-state index contributed by atoms with van der Waals surface area (Å²) in [6.45, 7) is 4.24. The molecule has 0 bridgehead atoms. The highest BCUT2D eigenvalue weighted by atomic mass is 32.2. The molecule has 0 aliphatic carbocycles. The lowest BCUT2D eigenvalue weighted by Crippen LogP contribution is -2.42. The summed E-state index contributed by atoms with van der Waals surface area (Å²) in [5, 5.41) is 1.00. The van der Waals surface area contributed by atoms with Crippen LogP contribution in [0.4, 0.5) is 0 Å². The van der Waals surface area contributed by atoms with E-state index >= 15 is 0 Å². The number of carbonyl (C=O) groups is 1. The number of amides is 1. The van der Waals surface area contributed by atoms with Gasteiger partial charge in [0.25, 0.3) is 5.56 Å². The van der Waals surface area contributed by atoms with E-state index in [1.165, 1.54) is 11.8 Å². The van der Waals surface area contributed by atoms with Crippen molar-refractivity contribution in [2.45, 2.75) is 37.5 Å². The number of sulfone groups is 1. The van der Waals surface area contributed by atoms with E-state index in [0.29, 0.717) is 29.0 Å². The predicted molar refractivity (Wildman–Crippen MR) is 131 cm³/mol. The van der Waals surface area contributed by atoms with E-state index in [1.807, 2.05) is 56.3 Å². The molecule has 1 aromatic heterocycles. The Kier molecular flexibility index (Phi) is 6.90. The first-order chi connectivity index (χ1) is 15.8. The molecule has 1 fully saturated rings. The minimum atomic E-state index is -3.09. The number of carbonyl (C=O) groups excluding carboxylic acids is 1. The van der Waals surface area contributed by atoms with Gasteiger partial charge in [-0.15, -0.1) is 0 Å². The second-order valence-corrected chi connectivity index (χ2v) is 11.4. The summed E-state index contributed by atoms with van der Waals surface area (Å²) < 4.78 is 25.4. The van der Waals surface area contributed by atoms with Crippen LogP contribution in [0.1, 0.15) is 31.9 Å². The molecule has 9 heteroatoms. The normalized spacial score (nSPS) is 18.3. The Morgan fingerprint density at radius 1 is 1.18 bits per heavy atom. The van der Waals surface area contributed by atoms with Gasteiger partial charge in [-0.25, -0.2) is 13.4 Å². The molecule has 1 amide bonds. The quantitative estimate of drug-likeness (QED) is 0.377. The first-order valence-electron chi connectivity index (χ1n) is 11.0. The van der Waals surface area contributed by atoms with Crippen molar-refractivity contribution in [3.63, 3.8) is 0 Å². The highest BCUT2D eigenvalue weighted by Crippen LogP contribution is 2.26. The van der Waals surface area contributed by atoms with E-state index in [9.17, 15) is 18.0 Å². The number of rotatable bonds is 7. The fraction of sp³-hybridized carbons (Fsp3) is 0.375. The van der Waals surface area contributed by atoms with Gasteiger partial charge < -0.3 is 4.90 Å². The van der Waals surface area contributed by atoms with E-state index in [-0.39, 0.29) is 40.8 Å². The Labute approximate surface area is 197 Å². The second kappa shape index (κ2) is 9.69. The second-order valence-electron chi connectivity index (χ2n) is 8.20. The lowest BCUT2D eigenvalue weighted by molar-refractivity contribution is -0.129. The molecule has 0 saturated carbocycles. The fourth-order valence-corrected chi connectivity index (χ4v) is 7.01. The van der Waals surface area contributed by atoms with Crippen molar-refractivity contribution < 1.29 is 13.2 Å². The van der Waals surface area contributed by atoms with E-state index < -0.39 is 9.84 Å². The number of para-hydroxylation sites is 1. The Hall–Kier alpha value is -2.65. The Bertz CT molecular complexity index is 1320. The highest BCUT2D eigenvalue weighted by molar-refractivity contribution is 7.99. The van der Waals surface area contributed by atoms with Gasteiger partial charge in [0.1, 0.15) is 0 Å². The number of hydrogen-bond donors (Lipinski definition) is 0. The summed E-state index contributed by atoms with van der Waals surface area (Å²) in [7, 11) is -3.09. The van der Waals surface area contributed by atoms with Crippen molar-refractivity contribution in [2.24, 2.45) is 0 Å². The van der Waals surface area contributed by atoms with Crippen LogP contribution in [0.15, 0.2) is 64.5 Å². The SMILES string of the molecule is CCN(C(=O)CSc1nc2ccccc2c(=O)n1[C@@H](C)c1ccccc1)[C@@H]1CCS(=O)(=O)C1. The number of fused-ring (bicyclic) bond motifs is 1. The van der Waals surface area contributed by atoms with Crippen molar-refractivity contribution in [3.05, 3.63) is 70.5 Å². The average Bonchev–Trinajstić information content (AvgIpc) is 3.17. The van der Waals surface area contributed by atoms with Gasteiger partial charge in [-0.1, -0.05) is 54.2 Å². The molecular formula is C24H27N3O4S2. The number of hydrogen-bond acceptors (Lipinski definition) is 6. The number of nitrogens with zero attached hydrogens (tertiary/aromatic N) is 3. The molecule has 7 nitrogen and oxygen atoms in total. The molecule has 3 aromatic rings. The predicted octanol–water partition coefficient (Wildman–Crippen LogP) is 3.13. The van der Waals surface area contributed by atoms with Crippen LogP contribution in [0.2, 0.25) is 0 Å². The zero-order chi connectivity index (χ0) is 23.6. The smallest absolute Gasteiger partial charge is 0.262 e. The summed E-state index contributed by atoms with van der Waals surface area (Å²) in [6, 6.07) is 16.4. The topological polar surface area (TPSA) is 89.3 Å². The van der Waals surface area contributed by atoms with Crippen LogP contribution in [0.5, 0.6) is 0 Å². The molecule has 1 saturated heterocycles. The van der Waals surface area contributed by atoms with Crippen LogP contribution in [-0.2, 0) is 14.6 Å². The lowest BCUT2D eigenvalue weighted by Gasteiger charge is -2.27. The minimum absolute atomic E-state index is 0.0151. The summed E-state index contributed by atoms with van der Waals surface area (Å²) in [5.41, 5.74) is 1.40. The van der Waals surface area contributed by atoms with Gasteiger partial charge in [-0.05, 0) is 38.0 Å². The number of benzene rings is 2. The van der Waals surface area contributed by atoms with Crippen molar-refractivity contribution in [1.82, 2.24) is 14.5 Å². The molecule has 1 aliphatic heterocycles. The maximum Gasteiger partial charge on any atom is 0.262 e. The fourth-order valence-electron chi connectivity index (χ4n) is 4.32. The van der Waals surface area contributed by atoms with Crippen LogP contribution >= 0.6 is 11.8 Å². The van der Waals surface area contributed by atoms with Crippen molar-refractivity contribution in [3.8, 4) is 0 Å². The van der Waals surface area contributed by atoms with Gasteiger partial charge >= 0.3 is 0 Å². The summed E-state index contributed by atoms with van der Waals surface area (Å²) in [6.07, 6.45) is 0.469. The Morgan fingerprint density at radius 3 is 2.55 bits per heavy atom. The third kappa shape index (κ3) is 4.99. The maximum atomic E-state index is 13.4. The first kappa shape index (κ1) is 23.5. The largest absolute Gasteiger partial charge is 0.338 e. The lowest BCUT2D eigenvalue weighted by atomic mass is 10.1. The van der Waals surface area contributed by atoms with Crippen molar-refractivity contribution in [1.29, 1.82) is 0 Å². The molecule has 1 aliphatic rings. The molecule has 0 spiro atoms. The first-order valence-corrected chi connectivity index (χ1v) is 13.8. The van der Waals surface area contributed by atoms with Crippen molar-refractivity contribution >= 4 is 38.4 Å². The van der Waals surface area contributed by atoms with Gasteiger partial charge in [0.15, 0.2) is 15.0 Å². The van der Waals surface area contributed by atoms with E-state index in [4.69, 9.17) is 4.98 Å². The number of thioether (sulfide) groups is 1. The van der Waals surface area contributed by atoms with Gasteiger partial charge in [0.2, 0.25) is 5.91 Å². The summed E-state index contributed by atoms with van der Waals surface area (Å²) in [5.74, 6) is 0.0678. The third-order valence-electron chi connectivity index (χ3n) is 6.08. The molecule has 2 aromatic carbocycles. The maximum absolute atomic E-state index is 13.4. The molecular weight excluding hydrogens is 458 g/mol. The average molecular weight is 486 g/mol. The zero-order valence-electron chi connectivity index (χ0n) is 18.7. The van der Waals surface area contributed by atoms with E-state index in [1.54, 1.807) is 21.6 Å². The van der Waals surface area contributed by atoms with E-state index in [2.05, 4.69) is 0 Å². The number of aromatic nitrogens is 2. The molecule has 4 rings (SSSR count). The molecule has 0 radical (unpaired) electrons. The van der Waals surface area contributed by atoms with E-state index in [0.717, 1.165) is 5.56 Å².